The van der Waals surface area contributed by atoms with Crippen molar-refractivity contribution in [3.8, 4) is 0 Å². The number of amides is 2. The van der Waals surface area contributed by atoms with Crippen LogP contribution in [0.1, 0.15) is 47.3 Å². The Kier molecular flexibility index (Phi) is 6.89. The third kappa shape index (κ3) is 5.18. The molecule has 0 atom stereocenters. The number of alkyl halides is 7. The van der Waals surface area contributed by atoms with Crippen LogP contribution in [0.3, 0.4) is 0 Å². The second-order valence-corrected chi connectivity index (χ2v) is 8.71. The van der Waals surface area contributed by atoms with Gasteiger partial charge in [0.15, 0.2) is 0 Å². The molecule has 0 bridgehead atoms. The molecule has 0 saturated heterocycles. The van der Waals surface area contributed by atoms with Gasteiger partial charge in [0, 0.05) is 22.7 Å². The number of halogens is 7. The van der Waals surface area contributed by atoms with Crippen LogP contribution in [0.2, 0.25) is 0 Å². The fraction of sp³-hybridized carbons (Fsp3) is 0.280. The van der Waals surface area contributed by atoms with Gasteiger partial charge in [-0.3, -0.25) is 14.6 Å². The standard InChI is InChI=1S/C25H19F7N4O2/c1-13(15-5-4-6-16(11-15)33-22(38)23(26,27)24(28,29)25(30,31)32)35-36-21(37)18-12-20(14-9-10-14)34-19-8-3-2-7-17(18)19/h2-8,11-12,14H,9-10H2,1H3,(H,33,38)(H,36,37)/b35-13-. The number of hydrazone groups is 1. The molecule has 13 heteroatoms. The topological polar surface area (TPSA) is 83.4 Å². The summed E-state index contributed by atoms with van der Waals surface area (Å²) < 4.78 is 90.7. The van der Waals surface area contributed by atoms with Crippen LogP contribution in [0.15, 0.2) is 59.7 Å². The number of aromatic nitrogens is 1. The first-order valence-corrected chi connectivity index (χ1v) is 11.2. The van der Waals surface area contributed by atoms with E-state index in [0.717, 1.165) is 30.7 Å². The van der Waals surface area contributed by atoms with Crippen LogP contribution in [0.5, 0.6) is 0 Å². The fourth-order valence-electron chi connectivity index (χ4n) is 3.58. The van der Waals surface area contributed by atoms with Gasteiger partial charge in [0.05, 0.1) is 16.8 Å². The van der Waals surface area contributed by atoms with E-state index in [1.54, 1.807) is 30.3 Å². The van der Waals surface area contributed by atoms with Crippen LogP contribution >= 0.6 is 0 Å². The largest absolute Gasteiger partial charge is 0.460 e. The number of hydrogen-bond acceptors (Lipinski definition) is 4. The van der Waals surface area contributed by atoms with E-state index in [-0.39, 0.29) is 17.2 Å². The molecule has 2 aromatic carbocycles. The van der Waals surface area contributed by atoms with Crippen molar-refractivity contribution in [2.45, 2.75) is 43.7 Å². The van der Waals surface area contributed by atoms with E-state index in [1.165, 1.54) is 24.4 Å². The van der Waals surface area contributed by atoms with Crippen molar-refractivity contribution < 1.29 is 40.3 Å². The molecule has 3 aromatic rings. The summed E-state index contributed by atoms with van der Waals surface area (Å²) in [6.07, 6.45) is -4.71. The van der Waals surface area contributed by atoms with E-state index in [4.69, 9.17) is 0 Å². The number of benzene rings is 2. The smallest absolute Gasteiger partial charge is 0.321 e. The number of anilines is 1. The van der Waals surface area contributed by atoms with Crippen molar-refractivity contribution >= 4 is 34.1 Å². The molecule has 1 aliphatic carbocycles. The molecule has 6 nitrogen and oxygen atoms in total. The monoisotopic (exact) mass is 540 g/mol. The summed E-state index contributed by atoms with van der Waals surface area (Å²) in [4.78, 5) is 29.2. The van der Waals surface area contributed by atoms with Crippen LogP contribution in [-0.2, 0) is 4.79 Å². The maximum absolute atomic E-state index is 13.6. The van der Waals surface area contributed by atoms with E-state index >= 15 is 0 Å². The lowest BCUT2D eigenvalue weighted by atomic mass is 10.1. The number of hydrogen-bond donors (Lipinski definition) is 2. The average molecular weight is 540 g/mol. The molecule has 1 heterocycles. The summed E-state index contributed by atoms with van der Waals surface area (Å²) in [5.41, 5.74) is 3.94. The Bertz CT molecular complexity index is 1430. The number of nitrogens with one attached hydrogen (secondary N) is 2. The van der Waals surface area contributed by atoms with Crippen molar-refractivity contribution in [1.29, 1.82) is 0 Å². The zero-order valence-corrected chi connectivity index (χ0v) is 19.5. The van der Waals surface area contributed by atoms with Crippen molar-refractivity contribution in [3.63, 3.8) is 0 Å². The Balaban J connectivity index is 1.52. The molecule has 0 aliphatic heterocycles. The van der Waals surface area contributed by atoms with Gasteiger partial charge in [-0.1, -0.05) is 30.3 Å². The quantitative estimate of drug-likeness (QED) is 0.218. The number of carbonyl (C=O) groups is 2. The predicted molar refractivity (Wildman–Crippen MR) is 124 cm³/mol. The van der Waals surface area contributed by atoms with E-state index in [0.29, 0.717) is 16.5 Å². The van der Waals surface area contributed by atoms with E-state index in [2.05, 4.69) is 15.5 Å². The molecule has 38 heavy (non-hydrogen) atoms. The Morgan fingerprint density at radius 2 is 1.63 bits per heavy atom. The van der Waals surface area contributed by atoms with Crippen molar-refractivity contribution in [1.82, 2.24) is 10.4 Å². The van der Waals surface area contributed by atoms with Gasteiger partial charge in [-0.05, 0) is 49.6 Å². The summed E-state index contributed by atoms with van der Waals surface area (Å²) in [6.45, 7) is 1.42. The van der Waals surface area contributed by atoms with E-state index < -0.39 is 35.5 Å². The highest BCUT2D eigenvalue weighted by molar-refractivity contribution is 6.07. The first-order chi connectivity index (χ1) is 17.7. The lowest BCUT2D eigenvalue weighted by Gasteiger charge is -2.27. The van der Waals surface area contributed by atoms with Gasteiger partial charge in [-0.15, -0.1) is 0 Å². The number of rotatable bonds is 7. The minimum absolute atomic E-state index is 0.127. The number of para-hydroxylation sites is 1. The highest BCUT2D eigenvalue weighted by atomic mass is 19.4. The molecule has 0 radical (unpaired) electrons. The molecule has 4 rings (SSSR count). The fourth-order valence-corrected chi connectivity index (χ4v) is 3.58. The van der Waals surface area contributed by atoms with Crippen LogP contribution in [0.4, 0.5) is 36.4 Å². The molecular weight excluding hydrogens is 521 g/mol. The third-order valence-corrected chi connectivity index (χ3v) is 5.88. The Morgan fingerprint density at radius 3 is 2.29 bits per heavy atom. The number of carbonyl (C=O) groups excluding carboxylic acids is 2. The second-order valence-electron chi connectivity index (χ2n) is 8.71. The Hall–Kier alpha value is -4.03. The molecule has 1 saturated carbocycles. The third-order valence-electron chi connectivity index (χ3n) is 5.88. The van der Waals surface area contributed by atoms with Gasteiger partial charge in [0.25, 0.3) is 5.91 Å². The first-order valence-electron chi connectivity index (χ1n) is 11.2. The van der Waals surface area contributed by atoms with Crippen molar-refractivity contribution in [2.75, 3.05) is 5.32 Å². The highest BCUT2D eigenvalue weighted by Gasteiger charge is 2.76. The molecule has 200 valence electrons. The van der Waals surface area contributed by atoms with Gasteiger partial charge in [-0.25, -0.2) is 5.43 Å². The summed E-state index contributed by atoms with van der Waals surface area (Å²) in [7, 11) is 0. The van der Waals surface area contributed by atoms with Gasteiger partial charge < -0.3 is 5.32 Å². The normalized spacial score (nSPS) is 14.9. The lowest BCUT2D eigenvalue weighted by molar-refractivity contribution is -0.343. The maximum atomic E-state index is 13.6. The molecule has 1 fully saturated rings. The lowest BCUT2D eigenvalue weighted by Crippen LogP contribution is -2.57. The summed E-state index contributed by atoms with van der Waals surface area (Å²) >= 11 is 0. The molecule has 0 spiro atoms. The van der Waals surface area contributed by atoms with Crippen LogP contribution < -0.4 is 10.7 Å². The van der Waals surface area contributed by atoms with Crippen LogP contribution in [-0.4, -0.2) is 40.5 Å². The van der Waals surface area contributed by atoms with Crippen molar-refractivity contribution in [2.24, 2.45) is 5.10 Å². The van der Waals surface area contributed by atoms with Gasteiger partial charge >= 0.3 is 23.9 Å². The molecule has 2 N–H and O–H groups in total. The summed E-state index contributed by atoms with van der Waals surface area (Å²) in [5.74, 6) is -15.8. The van der Waals surface area contributed by atoms with Crippen molar-refractivity contribution in [3.05, 3.63) is 71.4 Å². The molecule has 2 amide bonds. The van der Waals surface area contributed by atoms with Gasteiger partial charge in [0.2, 0.25) is 0 Å². The SMILES string of the molecule is C/C(=N/NC(=O)c1cc(C2CC2)nc2ccccc12)c1cccc(NC(=O)C(F)(F)C(F)(F)C(F)(F)F)c1. The highest BCUT2D eigenvalue weighted by Crippen LogP contribution is 2.47. The number of fused-ring (bicyclic) bond motifs is 1. The van der Waals surface area contributed by atoms with Gasteiger partial charge in [0.1, 0.15) is 0 Å². The Labute approximate surface area is 210 Å². The molecule has 0 unspecified atom stereocenters. The van der Waals surface area contributed by atoms with Crippen LogP contribution in [0.25, 0.3) is 10.9 Å². The van der Waals surface area contributed by atoms with Gasteiger partial charge in [-0.2, -0.15) is 35.8 Å². The first kappa shape index (κ1) is 27.0. The summed E-state index contributed by atoms with van der Waals surface area (Å²) in [5, 5.41) is 5.95. The predicted octanol–water partition coefficient (Wildman–Crippen LogP) is 6.04. The molecule has 1 aromatic heterocycles. The maximum Gasteiger partial charge on any atom is 0.460 e. The second kappa shape index (κ2) is 9.69. The van der Waals surface area contributed by atoms with E-state index in [9.17, 15) is 40.3 Å². The molecule has 1 aliphatic rings. The van der Waals surface area contributed by atoms with E-state index in [1.807, 2.05) is 0 Å². The minimum Gasteiger partial charge on any atom is -0.321 e. The molecular formula is C25H19F7N4O2. The zero-order valence-electron chi connectivity index (χ0n) is 19.5. The average Bonchev–Trinajstić information content (AvgIpc) is 3.71. The van der Waals surface area contributed by atoms with Crippen LogP contribution in [0, 0.1) is 0 Å². The summed E-state index contributed by atoms with van der Waals surface area (Å²) in [6, 6.07) is 13.4. The zero-order chi connectivity index (χ0) is 27.9. The minimum atomic E-state index is -6.64. The number of pyridine rings is 1. The Morgan fingerprint density at radius 1 is 0.947 bits per heavy atom. The number of nitrogens with zero attached hydrogens (tertiary/aromatic N) is 2.